The third kappa shape index (κ3) is 4.34. The minimum atomic E-state index is -3.53. The van der Waals surface area contributed by atoms with Crippen LogP contribution in [0.5, 0.6) is 0 Å². The lowest BCUT2D eigenvalue weighted by Crippen LogP contribution is -2.46. The van der Waals surface area contributed by atoms with Crippen molar-refractivity contribution in [2.24, 2.45) is 0 Å². The Morgan fingerprint density at radius 2 is 1.78 bits per heavy atom. The molecule has 1 aliphatic heterocycles. The topological polar surface area (TPSA) is 88.2 Å². The van der Waals surface area contributed by atoms with Crippen molar-refractivity contribution in [1.82, 2.24) is 15.1 Å². The molecule has 2 rings (SSSR count). The molecule has 1 aliphatic rings. The van der Waals surface area contributed by atoms with Gasteiger partial charge in [-0.1, -0.05) is 30.3 Å². The van der Waals surface area contributed by atoms with E-state index >= 15 is 0 Å². The van der Waals surface area contributed by atoms with Crippen molar-refractivity contribution < 1.29 is 23.2 Å². The summed E-state index contributed by atoms with van der Waals surface area (Å²) in [7, 11) is -1.87. The van der Waals surface area contributed by atoms with Crippen LogP contribution < -0.4 is 5.32 Å². The minimum Gasteiger partial charge on any atom is -0.323 e. The van der Waals surface area contributed by atoms with E-state index in [0.29, 0.717) is 0 Å². The van der Waals surface area contributed by atoms with Gasteiger partial charge in [0.25, 0.3) is 0 Å². The Balaban J connectivity index is 2.26. The number of amides is 4. The molecule has 1 aromatic carbocycles. The molecule has 1 saturated heterocycles. The predicted molar refractivity (Wildman–Crippen MR) is 102 cm³/mol. The zero-order valence-corrected chi connectivity index (χ0v) is 17.3. The molecule has 0 spiro atoms. The Morgan fingerprint density at radius 3 is 2.30 bits per heavy atom. The summed E-state index contributed by atoms with van der Waals surface area (Å²) >= 11 is 0. The quantitative estimate of drug-likeness (QED) is 0.707. The molecule has 9 heteroatoms. The second-order valence-corrected chi connectivity index (χ2v) is 8.73. The molecule has 1 heterocycles. The van der Waals surface area contributed by atoms with Crippen LogP contribution in [0.4, 0.5) is 9.59 Å². The van der Waals surface area contributed by atoms with E-state index < -0.39 is 31.5 Å². The Bertz CT molecular complexity index is 704. The number of hydrogen-bond acceptors (Lipinski definition) is 5. The average Bonchev–Trinajstić information content (AvgIpc) is 2.87. The number of benzene rings is 1. The van der Waals surface area contributed by atoms with Crippen molar-refractivity contribution >= 4 is 19.7 Å². The summed E-state index contributed by atoms with van der Waals surface area (Å²) in [4.78, 5) is 28.3. The summed E-state index contributed by atoms with van der Waals surface area (Å²) < 4.78 is 23.4. The highest BCUT2D eigenvalue weighted by Gasteiger charge is 2.47. The van der Waals surface area contributed by atoms with Crippen LogP contribution in [-0.2, 0) is 13.6 Å². The lowest BCUT2D eigenvalue weighted by molar-refractivity contribution is 0.176. The van der Waals surface area contributed by atoms with E-state index in [1.54, 1.807) is 27.8 Å². The number of likely N-dealkylation sites (N-methyl/N-ethyl adjacent to an activating group) is 1. The van der Waals surface area contributed by atoms with Crippen LogP contribution in [0.1, 0.15) is 39.3 Å². The van der Waals surface area contributed by atoms with Crippen LogP contribution in [0.25, 0.3) is 0 Å². The molecule has 4 amide bonds. The lowest BCUT2D eigenvalue weighted by Gasteiger charge is -2.28. The minimum absolute atomic E-state index is 0.187. The van der Waals surface area contributed by atoms with E-state index in [0.717, 1.165) is 5.56 Å². The molecule has 1 N–H and O–H groups in total. The zero-order valence-electron chi connectivity index (χ0n) is 16.4. The first-order chi connectivity index (χ1) is 12.8. The van der Waals surface area contributed by atoms with Gasteiger partial charge < -0.3 is 19.3 Å². The van der Waals surface area contributed by atoms with Crippen molar-refractivity contribution in [1.29, 1.82) is 0 Å². The molecular formula is C18H28N3O5P. The third-order valence-electron chi connectivity index (χ3n) is 4.64. The van der Waals surface area contributed by atoms with Crippen molar-refractivity contribution in [2.45, 2.75) is 45.6 Å². The largest absolute Gasteiger partial charge is 0.352 e. The fourth-order valence-corrected chi connectivity index (χ4v) is 4.64. The average molecular weight is 397 g/mol. The highest BCUT2D eigenvalue weighted by atomic mass is 31.2. The number of nitrogens with zero attached hydrogens (tertiary/aromatic N) is 2. The van der Waals surface area contributed by atoms with Gasteiger partial charge in [0.05, 0.1) is 25.3 Å². The fourth-order valence-electron chi connectivity index (χ4n) is 3.13. The molecule has 1 aromatic rings. The summed E-state index contributed by atoms with van der Waals surface area (Å²) in [5.74, 6) is -0.893. The Morgan fingerprint density at radius 1 is 1.22 bits per heavy atom. The van der Waals surface area contributed by atoms with Gasteiger partial charge in [0.15, 0.2) is 0 Å². The van der Waals surface area contributed by atoms with Gasteiger partial charge in [0.1, 0.15) is 5.78 Å². The number of carbonyl (C=O) groups is 2. The molecule has 0 aliphatic carbocycles. The maximum Gasteiger partial charge on any atom is 0.352 e. The zero-order chi connectivity index (χ0) is 20.2. The number of imide groups is 1. The molecule has 0 radical (unpaired) electrons. The molecule has 27 heavy (non-hydrogen) atoms. The summed E-state index contributed by atoms with van der Waals surface area (Å²) in [5.41, 5.74) is 0.850. The van der Waals surface area contributed by atoms with Gasteiger partial charge in [-0.05, 0) is 33.3 Å². The Hall–Kier alpha value is -1.89. The van der Waals surface area contributed by atoms with Crippen molar-refractivity contribution in [3.05, 3.63) is 35.9 Å². The summed E-state index contributed by atoms with van der Waals surface area (Å²) in [6.45, 7) is 7.21. The van der Waals surface area contributed by atoms with Crippen LogP contribution >= 0.6 is 7.60 Å². The van der Waals surface area contributed by atoms with Crippen molar-refractivity contribution in [3.63, 3.8) is 0 Å². The molecule has 0 unspecified atom stereocenters. The van der Waals surface area contributed by atoms with E-state index in [1.807, 2.05) is 37.3 Å². The van der Waals surface area contributed by atoms with Gasteiger partial charge in [0.2, 0.25) is 0 Å². The third-order valence-corrected chi connectivity index (χ3v) is 6.95. The molecule has 150 valence electrons. The van der Waals surface area contributed by atoms with E-state index in [-0.39, 0.29) is 19.3 Å². The van der Waals surface area contributed by atoms with E-state index in [1.165, 1.54) is 9.80 Å². The maximum absolute atomic E-state index is 12.9. The summed E-state index contributed by atoms with van der Waals surface area (Å²) in [5, 5.41) is 2.63. The van der Waals surface area contributed by atoms with E-state index in [9.17, 15) is 14.2 Å². The van der Waals surface area contributed by atoms with Gasteiger partial charge in [-0.3, -0.25) is 4.57 Å². The lowest BCUT2D eigenvalue weighted by atomic mass is 10.0. The molecule has 0 aromatic heterocycles. The monoisotopic (exact) mass is 397 g/mol. The first-order valence-electron chi connectivity index (χ1n) is 9.07. The highest BCUT2D eigenvalue weighted by Crippen LogP contribution is 2.51. The van der Waals surface area contributed by atoms with Gasteiger partial charge in [-0.15, -0.1) is 0 Å². The van der Waals surface area contributed by atoms with Crippen LogP contribution in [0.15, 0.2) is 30.3 Å². The SMILES string of the molecule is CCOP(=O)(OCC)[C@@H](C)NC(=O)N1C(=O)N(C)[C@@H](C)[C@H]1c1ccccc1. The molecule has 1 fully saturated rings. The van der Waals surface area contributed by atoms with E-state index in [2.05, 4.69) is 5.32 Å². The van der Waals surface area contributed by atoms with Gasteiger partial charge in [0, 0.05) is 7.05 Å². The van der Waals surface area contributed by atoms with Gasteiger partial charge in [-0.25, -0.2) is 14.5 Å². The summed E-state index contributed by atoms with van der Waals surface area (Å²) in [6, 6.07) is 7.67. The fraction of sp³-hybridized carbons (Fsp3) is 0.556. The standard InChI is InChI=1S/C18H28N3O5P/c1-6-25-27(24,26-7-2)14(4)19-17(22)21-16(13(3)20(5)18(21)23)15-11-9-8-10-12-15/h8-14,16H,6-7H2,1-5H3,(H,19,22)/t13-,14-,16-/m0/s1. The number of nitrogens with one attached hydrogen (secondary N) is 1. The number of rotatable bonds is 7. The molecule has 0 saturated carbocycles. The second-order valence-electron chi connectivity index (χ2n) is 6.36. The highest BCUT2D eigenvalue weighted by molar-refractivity contribution is 7.54. The smallest absolute Gasteiger partial charge is 0.323 e. The van der Waals surface area contributed by atoms with Crippen molar-refractivity contribution in [3.8, 4) is 0 Å². The molecular weight excluding hydrogens is 369 g/mol. The second kappa shape index (κ2) is 8.87. The van der Waals surface area contributed by atoms with Crippen molar-refractivity contribution in [2.75, 3.05) is 20.3 Å². The first kappa shape index (κ1) is 21.4. The van der Waals surface area contributed by atoms with Crippen LogP contribution in [-0.4, -0.2) is 53.9 Å². The molecule has 3 atom stereocenters. The molecule has 8 nitrogen and oxygen atoms in total. The van der Waals surface area contributed by atoms with Gasteiger partial charge >= 0.3 is 19.7 Å². The summed E-state index contributed by atoms with van der Waals surface area (Å²) in [6.07, 6.45) is 0. The first-order valence-corrected chi connectivity index (χ1v) is 10.7. The number of urea groups is 2. The van der Waals surface area contributed by atoms with Gasteiger partial charge in [-0.2, -0.15) is 0 Å². The maximum atomic E-state index is 12.9. The van der Waals surface area contributed by atoms with E-state index in [4.69, 9.17) is 9.05 Å². The van der Waals surface area contributed by atoms with Crippen LogP contribution in [0.3, 0.4) is 0 Å². The van der Waals surface area contributed by atoms with Crippen LogP contribution in [0, 0.1) is 0 Å². The number of carbonyl (C=O) groups excluding carboxylic acids is 2. The molecule has 0 bridgehead atoms. The Kier molecular flexibility index (Phi) is 7.03. The predicted octanol–water partition coefficient (Wildman–Crippen LogP) is 3.81. The number of hydrogen-bond donors (Lipinski definition) is 1. The van der Waals surface area contributed by atoms with Crippen LogP contribution in [0.2, 0.25) is 0 Å². The Labute approximate surface area is 160 Å². The normalized spacial score (nSPS) is 21.4.